The van der Waals surface area contributed by atoms with Gasteiger partial charge in [0.25, 0.3) is 10.0 Å². The lowest BCUT2D eigenvalue weighted by Crippen LogP contribution is -2.12. The minimum absolute atomic E-state index is 0.0821. The highest BCUT2D eigenvalue weighted by molar-refractivity contribution is 7.94. The van der Waals surface area contributed by atoms with Crippen molar-refractivity contribution in [3.63, 3.8) is 0 Å². The van der Waals surface area contributed by atoms with Gasteiger partial charge in [-0.25, -0.2) is 12.8 Å². The molecule has 0 spiro atoms. The molecule has 1 N–H and O–H groups in total. The van der Waals surface area contributed by atoms with Crippen LogP contribution in [0.3, 0.4) is 0 Å². The number of nitrogens with one attached hydrogen (secondary N) is 1. The van der Waals surface area contributed by atoms with Gasteiger partial charge in [0.05, 0.1) is 25.4 Å². The molecule has 0 aliphatic heterocycles. The normalized spacial score (nSPS) is 11.3. The lowest BCUT2D eigenvalue weighted by molar-refractivity contribution is 0.355. The largest absolute Gasteiger partial charge is 0.493 e. The molecule has 0 aliphatic rings. The van der Waals surface area contributed by atoms with E-state index in [1.165, 1.54) is 32.4 Å². The van der Waals surface area contributed by atoms with E-state index in [1.807, 2.05) is 30.3 Å². The van der Waals surface area contributed by atoms with Gasteiger partial charge in [0, 0.05) is 28.6 Å². The molecule has 2 aromatic heterocycles. The molecule has 188 valence electrons. The van der Waals surface area contributed by atoms with Crippen LogP contribution in [0.5, 0.6) is 23.0 Å². The fourth-order valence-electron chi connectivity index (χ4n) is 3.72. The van der Waals surface area contributed by atoms with Crippen LogP contribution in [0.25, 0.3) is 21.3 Å². The van der Waals surface area contributed by atoms with Gasteiger partial charge in [0.15, 0.2) is 17.3 Å². The van der Waals surface area contributed by atoms with E-state index in [4.69, 9.17) is 14.2 Å². The van der Waals surface area contributed by atoms with E-state index < -0.39 is 15.8 Å². The maximum atomic E-state index is 14.9. The Kier molecular flexibility index (Phi) is 6.68. The molecule has 0 aliphatic carbocycles. The molecule has 0 bridgehead atoms. The summed E-state index contributed by atoms with van der Waals surface area (Å²) in [6.45, 7) is 0. The SMILES string of the molecule is COc1cc2nccc(Oc3ccc(NS(=O)(=O)c4ccc(-c5ccccc5)s4)c(F)c3)c2cc1OC. The van der Waals surface area contributed by atoms with E-state index in [-0.39, 0.29) is 15.6 Å². The molecule has 3 aromatic carbocycles. The lowest BCUT2D eigenvalue weighted by atomic mass is 10.2. The molecule has 0 fully saturated rings. The Morgan fingerprint density at radius 3 is 2.35 bits per heavy atom. The van der Waals surface area contributed by atoms with E-state index >= 15 is 0 Å². The summed E-state index contributed by atoms with van der Waals surface area (Å²) < 4.78 is 59.8. The summed E-state index contributed by atoms with van der Waals surface area (Å²) in [5.41, 5.74) is 1.32. The number of thiophene rings is 1. The number of fused-ring (bicyclic) bond motifs is 1. The van der Waals surface area contributed by atoms with Crippen molar-refractivity contribution in [3.05, 3.63) is 90.9 Å². The van der Waals surface area contributed by atoms with Gasteiger partial charge in [-0.1, -0.05) is 30.3 Å². The highest BCUT2D eigenvalue weighted by Gasteiger charge is 2.20. The number of halogens is 1. The Labute approximate surface area is 217 Å². The molecular formula is C27H21FN2O5S2. The molecule has 2 heterocycles. The number of aromatic nitrogens is 1. The predicted molar refractivity (Wildman–Crippen MR) is 142 cm³/mol. The number of hydrogen-bond acceptors (Lipinski definition) is 7. The van der Waals surface area contributed by atoms with E-state index in [0.717, 1.165) is 27.8 Å². The van der Waals surface area contributed by atoms with E-state index in [0.29, 0.717) is 28.2 Å². The van der Waals surface area contributed by atoms with Gasteiger partial charge in [0.1, 0.15) is 15.7 Å². The number of hydrogen-bond donors (Lipinski definition) is 1. The van der Waals surface area contributed by atoms with Crippen molar-refractivity contribution < 1.29 is 27.0 Å². The third-order valence-corrected chi connectivity index (χ3v) is 8.52. The predicted octanol–water partition coefficient (Wildman–Crippen LogP) is 6.71. The molecule has 0 unspecified atom stereocenters. The maximum Gasteiger partial charge on any atom is 0.271 e. The highest BCUT2D eigenvalue weighted by atomic mass is 32.2. The van der Waals surface area contributed by atoms with Crippen LogP contribution in [0, 0.1) is 5.82 Å². The summed E-state index contributed by atoms with van der Waals surface area (Å²) in [4.78, 5) is 5.12. The minimum Gasteiger partial charge on any atom is -0.493 e. The number of anilines is 1. The highest BCUT2D eigenvalue weighted by Crippen LogP contribution is 2.38. The molecule has 10 heteroatoms. The quantitative estimate of drug-likeness (QED) is 0.237. The summed E-state index contributed by atoms with van der Waals surface area (Å²) in [6, 6.07) is 21.7. The Morgan fingerprint density at radius 2 is 1.62 bits per heavy atom. The Balaban J connectivity index is 1.38. The average Bonchev–Trinajstić information content (AvgIpc) is 3.42. The van der Waals surface area contributed by atoms with Crippen molar-refractivity contribution in [3.8, 4) is 33.4 Å². The van der Waals surface area contributed by atoms with E-state index in [2.05, 4.69) is 9.71 Å². The van der Waals surface area contributed by atoms with Gasteiger partial charge in [-0.05, 0) is 42.0 Å². The van der Waals surface area contributed by atoms with Crippen molar-refractivity contribution in [2.24, 2.45) is 0 Å². The molecule has 5 rings (SSSR count). The Bertz CT molecular complexity index is 1690. The minimum atomic E-state index is -3.98. The first-order valence-electron chi connectivity index (χ1n) is 11.0. The monoisotopic (exact) mass is 536 g/mol. The van der Waals surface area contributed by atoms with Gasteiger partial charge >= 0.3 is 0 Å². The zero-order valence-electron chi connectivity index (χ0n) is 19.8. The third kappa shape index (κ3) is 5.07. The Hall–Kier alpha value is -4.15. The lowest BCUT2D eigenvalue weighted by Gasteiger charge is -2.13. The van der Waals surface area contributed by atoms with Crippen LogP contribution >= 0.6 is 11.3 Å². The topological polar surface area (TPSA) is 86.8 Å². The van der Waals surface area contributed by atoms with Crippen molar-refractivity contribution in [2.75, 3.05) is 18.9 Å². The van der Waals surface area contributed by atoms with Crippen LogP contribution < -0.4 is 18.9 Å². The van der Waals surface area contributed by atoms with Crippen LogP contribution in [0.15, 0.2) is 89.3 Å². The number of benzene rings is 3. The van der Waals surface area contributed by atoms with E-state index in [9.17, 15) is 12.8 Å². The standard InChI is InChI=1S/C27H21FN2O5S2/c1-33-24-15-19-22(16-25(24)34-2)29-13-12-23(19)35-18-8-9-21(20(28)14-18)30-37(31,32)27-11-10-26(36-27)17-6-4-3-5-7-17/h3-16,30H,1-2H3. The summed E-state index contributed by atoms with van der Waals surface area (Å²) >= 11 is 1.11. The van der Waals surface area contributed by atoms with Crippen LogP contribution in [-0.2, 0) is 10.0 Å². The molecule has 0 atom stereocenters. The molecule has 7 nitrogen and oxygen atoms in total. The molecule has 0 amide bonds. The fourth-order valence-corrected chi connectivity index (χ4v) is 6.10. The van der Waals surface area contributed by atoms with Crippen molar-refractivity contribution >= 4 is 38.0 Å². The van der Waals surface area contributed by atoms with Gasteiger partial charge in [-0.3, -0.25) is 9.71 Å². The number of rotatable bonds is 8. The molecule has 0 radical (unpaired) electrons. The van der Waals surface area contributed by atoms with Crippen molar-refractivity contribution in [1.29, 1.82) is 0 Å². The summed E-state index contributed by atoms with van der Waals surface area (Å²) in [5.74, 6) is 0.839. The first-order valence-corrected chi connectivity index (χ1v) is 13.3. The molecule has 5 aromatic rings. The fraction of sp³-hybridized carbons (Fsp3) is 0.0741. The van der Waals surface area contributed by atoms with Crippen LogP contribution in [0.4, 0.5) is 10.1 Å². The average molecular weight is 537 g/mol. The summed E-state index contributed by atoms with van der Waals surface area (Å²) in [6.07, 6.45) is 1.56. The third-order valence-electron chi connectivity index (χ3n) is 5.52. The maximum absolute atomic E-state index is 14.9. The number of sulfonamides is 1. The van der Waals surface area contributed by atoms with Crippen LogP contribution in [0.1, 0.15) is 0 Å². The van der Waals surface area contributed by atoms with Gasteiger partial charge in [0.2, 0.25) is 0 Å². The molecule has 37 heavy (non-hydrogen) atoms. The number of nitrogens with zero attached hydrogens (tertiary/aromatic N) is 1. The molecular weight excluding hydrogens is 515 g/mol. The summed E-state index contributed by atoms with van der Waals surface area (Å²) in [5, 5.41) is 0.636. The van der Waals surface area contributed by atoms with Gasteiger partial charge < -0.3 is 14.2 Å². The second-order valence-corrected chi connectivity index (χ2v) is 10.9. The summed E-state index contributed by atoms with van der Waals surface area (Å²) in [7, 11) is -0.931. The van der Waals surface area contributed by atoms with Gasteiger partial charge in [-0.15, -0.1) is 11.3 Å². The van der Waals surface area contributed by atoms with Gasteiger partial charge in [-0.2, -0.15) is 0 Å². The Morgan fingerprint density at radius 1 is 0.865 bits per heavy atom. The first-order chi connectivity index (χ1) is 17.9. The number of pyridine rings is 1. The molecule has 0 saturated carbocycles. The van der Waals surface area contributed by atoms with E-state index in [1.54, 1.807) is 30.5 Å². The molecule has 0 saturated heterocycles. The van der Waals surface area contributed by atoms with Crippen LogP contribution in [0.2, 0.25) is 0 Å². The smallest absolute Gasteiger partial charge is 0.271 e. The second kappa shape index (κ2) is 10.1. The zero-order valence-corrected chi connectivity index (χ0v) is 21.4. The number of ether oxygens (including phenoxy) is 3. The number of methoxy groups -OCH3 is 2. The van der Waals surface area contributed by atoms with Crippen molar-refractivity contribution in [2.45, 2.75) is 4.21 Å². The second-order valence-electron chi connectivity index (χ2n) is 7.87. The van der Waals surface area contributed by atoms with Crippen molar-refractivity contribution in [1.82, 2.24) is 4.98 Å². The van der Waals surface area contributed by atoms with Crippen LogP contribution in [-0.4, -0.2) is 27.6 Å². The zero-order chi connectivity index (χ0) is 26.0. The first kappa shape index (κ1) is 24.5.